The van der Waals surface area contributed by atoms with Gasteiger partial charge in [-0.3, -0.25) is 4.79 Å². The van der Waals surface area contributed by atoms with Crippen molar-refractivity contribution >= 4 is 10.0 Å². The Morgan fingerprint density at radius 1 is 1.16 bits per heavy atom. The van der Waals surface area contributed by atoms with Crippen LogP contribution in [0.4, 0.5) is 8.78 Å². The maximum Gasteiger partial charge on any atom is 0.586 e. The Labute approximate surface area is 142 Å². The van der Waals surface area contributed by atoms with Crippen molar-refractivity contribution < 1.29 is 26.7 Å². The molecule has 0 saturated carbocycles. The summed E-state index contributed by atoms with van der Waals surface area (Å²) in [5.74, 6) is -0.326. The molecule has 0 amide bonds. The first-order valence-electron chi connectivity index (χ1n) is 7.11. The second-order valence-electron chi connectivity index (χ2n) is 5.53. The van der Waals surface area contributed by atoms with Crippen molar-refractivity contribution in [3.8, 4) is 11.5 Å². The van der Waals surface area contributed by atoms with Gasteiger partial charge in [0.2, 0.25) is 10.0 Å². The van der Waals surface area contributed by atoms with Crippen LogP contribution in [0.15, 0.2) is 46.2 Å². The first-order valence-corrected chi connectivity index (χ1v) is 8.55. The Hall–Kier alpha value is -2.46. The first kappa shape index (κ1) is 17.4. The fourth-order valence-corrected chi connectivity index (χ4v) is 3.25. The Bertz CT molecular complexity index is 986. The highest BCUT2D eigenvalue weighted by Gasteiger charge is 2.44. The SMILES string of the molecule is CN(C)S(=O)(=O)c1ccc(=O)n(Cc2cccc3c2OC(F)(F)O3)c1. The van der Waals surface area contributed by atoms with Gasteiger partial charge in [0.1, 0.15) is 0 Å². The Morgan fingerprint density at radius 3 is 2.56 bits per heavy atom. The number of hydrogen-bond acceptors (Lipinski definition) is 5. The number of aromatic nitrogens is 1. The van der Waals surface area contributed by atoms with Crippen LogP contribution in [0.2, 0.25) is 0 Å². The molecular formula is C15H14F2N2O5S. The highest BCUT2D eigenvalue weighted by Crippen LogP contribution is 2.43. The average molecular weight is 372 g/mol. The molecule has 2 heterocycles. The summed E-state index contributed by atoms with van der Waals surface area (Å²) in [7, 11) is -1.01. The molecule has 3 rings (SSSR count). The van der Waals surface area contributed by atoms with E-state index in [-0.39, 0.29) is 28.5 Å². The van der Waals surface area contributed by atoms with Crippen LogP contribution in [0.3, 0.4) is 0 Å². The number of benzene rings is 1. The van der Waals surface area contributed by atoms with Crippen LogP contribution in [0.1, 0.15) is 5.56 Å². The van der Waals surface area contributed by atoms with Gasteiger partial charge >= 0.3 is 6.29 Å². The zero-order chi connectivity index (χ0) is 18.4. The number of alkyl halides is 2. The van der Waals surface area contributed by atoms with E-state index in [0.29, 0.717) is 0 Å². The third-order valence-electron chi connectivity index (χ3n) is 3.59. The molecule has 0 saturated heterocycles. The Morgan fingerprint density at radius 2 is 1.88 bits per heavy atom. The van der Waals surface area contributed by atoms with Crippen molar-refractivity contribution in [3.63, 3.8) is 0 Å². The monoisotopic (exact) mass is 372 g/mol. The summed E-state index contributed by atoms with van der Waals surface area (Å²) in [6, 6.07) is 6.58. The standard InChI is InChI=1S/C15H14F2N2O5S/c1-18(2)25(21,22)11-6-7-13(20)19(9-11)8-10-4-3-5-12-14(10)24-15(16,17)23-12/h3-7,9H,8H2,1-2H3. The minimum atomic E-state index is -3.78. The van der Waals surface area contributed by atoms with Gasteiger partial charge in [-0.15, -0.1) is 8.78 Å². The molecule has 0 unspecified atom stereocenters. The minimum absolute atomic E-state index is 0.0906. The first-order chi connectivity index (χ1) is 11.6. The number of nitrogens with zero attached hydrogens (tertiary/aromatic N) is 2. The van der Waals surface area contributed by atoms with Crippen molar-refractivity contribution in [1.82, 2.24) is 8.87 Å². The molecule has 1 aromatic carbocycles. The molecule has 134 valence electrons. The third-order valence-corrected chi connectivity index (χ3v) is 5.38. The van der Waals surface area contributed by atoms with Gasteiger partial charge in [-0.1, -0.05) is 12.1 Å². The van der Waals surface area contributed by atoms with Crippen LogP contribution in [0, 0.1) is 0 Å². The van der Waals surface area contributed by atoms with Gasteiger partial charge in [0.15, 0.2) is 11.5 Å². The molecular weight excluding hydrogens is 358 g/mol. The molecule has 1 aromatic heterocycles. The summed E-state index contributed by atoms with van der Waals surface area (Å²) in [6.45, 7) is -0.155. The number of pyridine rings is 1. The zero-order valence-corrected chi connectivity index (χ0v) is 14.1. The normalized spacial score (nSPS) is 15.6. The van der Waals surface area contributed by atoms with Crippen LogP contribution in [0.25, 0.3) is 0 Å². The van der Waals surface area contributed by atoms with Crippen molar-refractivity contribution in [2.75, 3.05) is 14.1 Å². The van der Waals surface area contributed by atoms with Crippen LogP contribution in [0.5, 0.6) is 11.5 Å². The zero-order valence-electron chi connectivity index (χ0n) is 13.3. The molecule has 0 N–H and O–H groups in total. The lowest BCUT2D eigenvalue weighted by molar-refractivity contribution is -0.286. The van der Waals surface area contributed by atoms with E-state index in [1.165, 1.54) is 38.4 Å². The maximum absolute atomic E-state index is 13.2. The van der Waals surface area contributed by atoms with Crippen LogP contribution < -0.4 is 15.0 Å². The summed E-state index contributed by atoms with van der Waals surface area (Å²) in [5.41, 5.74) is -0.225. The summed E-state index contributed by atoms with van der Waals surface area (Å²) >= 11 is 0. The van der Waals surface area contributed by atoms with Gasteiger partial charge in [0.25, 0.3) is 5.56 Å². The summed E-state index contributed by atoms with van der Waals surface area (Å²) < 4.78 is 61.8. The summed E-state index contributed by atoms with van der Waals surface area (Å²) in [5, 5.41) is 0. The quantitative estimate of drug-likeness (QED) is 0.812. The van der Waals surface area contributed by atoms with E-state index < -0.39 is 21.9 Å². The molecule has 0 atom stereocenters. The Kier molecular flexibility index (Phi) is 4.04. The maximum atomic E-state index is 13.2. The fraction of sp³-hybridized carbons (Fsp3) is 0.267. The largest absolute Gasteiger partial charge is 0.586 e. The smallest absolute Gasteiger partial charge is 0.395 e. The molecule has 0 aliphatic carbocycles. The van der Waals surface area contributed by atoms with Gasteiger partial charge < -0.3 is 14.0 Å². The van der Waals surface area contributed by atoms with Gasteiger partial charge in [-0.25, -0.2) is 12.7 Å². The lowest BCUT2D eigenvalue weighted by Crippen LogP contribution is -2.27. The number of ether oxygens (including phenoxy) is 2. The van der Waals surface area contributed by atoms with E-state index in [2.05, 4.69) is 9.47 Å². The van der Waals surface area contributed by atoms with Gasteiger partial charge in [0.05, 0.1) is 11.4 Å². The Balaban J connectivity index is 2.01. The summed E-state index contributed by atoms with van der Waals surface area (Å²) in [6.07, 6.45) is -2.62. The topological polar surface area (TPSA) is 77.8 Å². The van der Waals surface area contributed by atoms with Crippen LogP contribution >= 0.6 is 0 Å². The minimum Gasteiger partial charge on any atom is -0.395 e. The molecule has 2 aromatic rings. The highest BCUT2D eigenvalue weighted by molar-refractivity contribution is 7.89. The predicted octanol–water partition coefficient (Wildman–Crippen LogP) is 1.47. The number of para-hydroxylation sites is 1. The lowest BCUT2D eigenvalue weighted by atomic mass is 10.2. The predicted molar refractivity (Wildman–Crippen MR) is 83.3 cm³/mol. The molecule has 1 aliphatic rings. The van der Waals surface area contributed by atoms with Crippen molar-refractivity contribution in [1.29, 1.82) is 0 Å². The fourth-order valence-electron chi connectivity index (χ4n) is 2.33. The number of rotatable bonds is 4. The van der Waals surface area contributed by atoms with E-state index >= 15 is 0 Å². The number of halogens is 2. The third kappa shape index (κ3) is 3.22. The molecule has 0 spiro atoms. The van der Waals surface area contributed by atoms with Crippen LogP contribution in [-0.4, -0.2) is 37.7 Å². The van der Waals surface area contributed by atoms with Gasteiger partial charge in [-0.2, -0.15) is 0 Å². The van der Waals surface area contributed by atoms with Crippen LogP contribution in [-0.2, 0) is 16.6 Å². The number of sulfonamides is 1. The van der Waals surface area contributed by atoms with Gasteiger partial charge in [-0.05, 0) is 12.1 Å². The summed E-state index contributed by atoms with van der Waals surface area (Å²) in [4.78, 5) is 11.9. The second-order valence-corrected chi connectivity index (χ2v) is 7.68. The van der Waals surface area contributed by atoms with E-state index in [1.54, 1.807) is 0 Å². The van der Waals surface area contributed by atoms with Crippen molar-refractivity contribution in [2.45, 2.75) is 17.7 Å². The van der Waals surface area contributed by atoms with E-state index in [0.717, 1.165) is 21.1 Å². The highest BCUT2D eigenvalue weighted by atomic mass is 32.2. The second kappa shape index (κ2) is 5.81. The van der Waals surface area contributed by atoms with Crippen molar-refractivity contribution in [3.05, 3.63) is 52.4 Å². The van der Waals surface area contributed by atoms with E-state index in [9.17, 15) is 22.0 Å². The molecule has 0 bridgehead atoms. The number of hydrogen-bond donors (Lipinski definition) is 0. The average Bonchev–Trinajstić information content (AvgIpc) is 2.84. The molecule has 7 nitrogen and oxygen atoms in total. The van der Waals surface area contributed by atoms with E-state index in [1.807, 2.05) is 0 Å². The molecule has 0 fully saturated rings. The lowest BCUT2D eigenvalue weighted by Gasteiger charge is -2.14. The number of fused-ring (bicyclic) bond motifs is 1. The van der Waals surface area contributed by atoms with E-state index in [4.69, 9.17) is 0 Å². The van der Waals surface area contributed by atoms with Crippen molar-refractivity contribution in [2.24, 2.45) is 0 Å². The molecule has 25 heavy (non-hydrogen) atoms. The molecule has 1 aliphatic heterocycles. The molecule has 10 heteroatoms. The van der Waals surface area contributed by atoms with Gasteiger partial charge in [0, 0.05) is 31.9 Å². The molecule has 0 radical (unpaired) electrons.